The van der Waals surface area contributed by atoms with Gasteiger partial charge in [-0.05, 0) is 37.6 Å². The third-order valence-corrected chi connectivity index (χ3v) is 6.21. The molecule has 0 aliphatic heterocycles. The lowest BCUT2D eigenvalue weighted by atomic mass is 10.3. The smallest absolute Gasteiger partial charge is 0.250 e. The second-order valence-corrected chi connectivity index (χ2v) is 7.89. The maximum Gasteiger partial charge on any atom is 0.250 e. The lowest BCUT2D eigenvalue weighted by Gasteiger charge is -2.09. The van der Waals surface area contributed by atoms with Crippen LogP contribution in [0.1, 0.15) is 18.7 Å². The SMILES string of the molecule is CCOc1cccc(OCCNS(=O)(=O)c2ccc(CC)s2)c1. The molecule has 23 heavy (non-hydrogen) atoms. The van der Waals surface area contributed by atoms with Gasteiger partial charge < -0.3 is 9.47 Å². The number of rotatable bonds is 9. The minimum Gasteiger partial charge on any atom is -0.494 e. The van der Waals surface area contributed by atoms with Crippen molar-refractivity contribution >= 4 is 21.4 Å². The van der Waals surface area contributed by atoms with Crippen LogP contribution in [0.2, 0.25) is 0 Å². The molecular weight excluding hydrogens is 334 g/mol. The van der Waals surface area contributed by atoms with E-state index in [2.05, 4.69) is 4.72 Å². The van der Waals surface area contributed by atoms with Crippen molar-refractivity contribution in [1.82, 2.24) is 4.72 Å². The summed E-state index contributed by atoms with van der Waals surface area (Å²) in [5.41, 5.74) is 0. The van der Waals surface area contributed by atoms with Gasteiger partial charge in [0, 0.05) is 17.5 Å². The van der Waals surface area contributed by atoms with Gasteiger partial charge in [-0.15, -0.1) is 11.3 Å². The zero-order chi connectivity index (χ0) is 16.7. The summed E-state index contributed by atoms with van der Waals surface area (Å²) in [4.78, 5) is 1.05. The molecule has 1 aromatic heterocycles. The Balaban J connectivity index is 1.83. The predicted molar refractivity (Wildman–Crippen MR) is 92.0 cm³/mol. The van der Waals surface area contributed by atoms with E-state index in [1.165, 1.54) is 11.3 Å². The molecule has 2 rings (SSSR count). The molecule has 126 valence electrons. The van der Waals surface area contributed by atoms with E-state index in [1.54, 1.807) is 12.1 Å². The molecule has 7 heteroatoms. The minimum atomic E-state index is -3.46. The van der Waals surface area contributed by atoms with E-state index in [9.17, 15) is 8.42 Å². The highest BCUT2D eigenvalue weighted by atomic mass is 32.2. The third kappa shape index (κ3) is 5.23. The highest BCUT2D eigenvalue weighted by Gasteiger charge is 2.15. The van der Waals surface area contributed by atoms with Gasteiger partial charge in [-0.25, -0.2) is 13.1 Å². The summed E-state index contributed by atoms with van der Waals surface area (Å²) in [6.07, 6.45) is 0.833. The van der Waals surface area contributed by atoms with Gasteiger partial charge in [-0.3, -0.25) is 0 Å². The first-order valence-corrected chi connectivity index (χ1v) is 9.79. The minimum absolute atomic E-state index is 0.209. The normalized spacial score (nSPS) is 11.4. The Morgan fingerprint density at radius 2 is 1.83 bits per heavy atom. The number of hydrogen-bond acceptors (Lipinski definition) is 5. The van der Waals surface area contributed by atoms with E-state index in [1.807, 2.05) is 38.1 Å². The van der Waals surface area contributed by atoms with E-state index in [0.717, 1.165) is 17.0 Å². The summed E-state index contributed by atoms with van der Waals surface area (Å²) in [6.45, 7) is 4.96. The molecule has 0 saturated heterocycles. The van der Waals surface area contributed by atoms with Crippen LogP contribution < -0.4 is 14.2 Å². The summed E-state index contributed by atoms with van der Waals surface area (Å²) >= 11 is 1.29. The molecule has 5 nitrogen and oxygen atoms in total. The highest BCUT2D eigenvalue weighted by molar-refractivity contribution is 7.91. The fourth-order valence-electron chi connectivity index (χ4n) is 1.93. The number of sulfonamides is 1. The number of nitrogens with one attached hydrogen (secondary N) is 1. The lowest BCUT2D eigenvalue weighted by molar-refractivity contribution is 0.313. The van der Waals surface area contributed by atoms with E-state index in [4.69, 9.17) is 9.47 Å². The summed E-state index contributed by atoms with van der Waals surface area (Å²) < 4.78 is 38.1. The first-order chi connectivity index (χ1) is 11.0. The van der Waals surface area contributed by atoms with Gasteiger partial charge in [0.2, 0.25) is 10.0 Å². The van der Waals surface area contributed by atoms with Crippen LogP contribution in [0.3, 0.4) is 0 Å². The van der Waals surface area contributed by atoms with Crippen LogP contribution in [-0.2, 0) is 16.4 Å². The largest absolute Gasteiger partial charge is 0.494 e. The van der Waals surface area contributed by atoms with Gasteiger partial charge >= 0.3 is 0 Å². The van der Waals surface area contributed by atoms with Crippen molar-refractivity contribution in [2.75, 3.05) is 19.8 Å². The Hall–Kier alpha value is -1.57. The summed E-state index contributed by atoms with van der Waals surface area (Å²) in [7, 11) is -3.46. The second-order valence-electron chi connectivity index (χ2n) is 4.73. The van der Waals surface area contributed by atoms with Crippen molar-refractivity contribution in [2.24, 2.45) is 0 Å². The number of hydrogen-bond donors (Lipinski definition) is 1. The summed E-state index contributed by atoms with van der Waals surface area (Å²) in [5.74, 6) is 1.39. The molecule has 0 bridgehead atoms. The van der Waals surface area contributed by atoms with Crippen LogP contribution in [-0.4, -0.2) is 28.2 Å². The monoisotopic (exact) mass is 355 g/mol. The molecule has 0 fully saturated rings. The molecule has 0 aliphatic rings. The number of aryl methyl sites for hydroxylation is 1. The number of thiophene rings is 1. The zero-order valence-electron chi connectivity index (χ0n) is 13.2. The number of ether oxygens (including phenoxy) is 2. The van der Waals surface area contributed by atoms with Gasteiger partial charge in [0.1, 0.15) is 22.3 Å². The first kappa shape index (κ1) is 17.8. The predicted octanol–water partition coefficient (Wildman–Crippen LogP) is 3.07. The van der Waals surface area contributed by atoms with Crippen molar-refractivity contribution in [3.05, 3.63) is 41.3 Å². The molecule has 0 atom stereocenters. The van der Waals surface area contributed by atoms with Gasteiger partial charge in [-0.1, -0.05) is 13.0 Å². The highest BCUT2D eigenvalue weighted by Crippen LogP contribution is 2.22. The van der Waals surface area contributed by atoms with E-state index < -0.39 is 10.0 Å². The van der Waals surface area contributed by atoms with Crippen LogP contribution in [0, 0.1) is 0 Å². The van der Waals surface area contributed by atoms with Crippen LogP contribution in [0.5, 0.6) is 11.5 Å². The summed E-state index contributed by atoms with van der Waals surface area (Å²) in [5, 5.41) is 0. The molecule has 0 saturated carbocycles. The van der Waals surface area contributed by atoms with Gasteiger partial charge in [0.25, 0.3) is 0 Å². The lowest BCUT2D eigenvalue weighted by Crippen LogP contribution is -2.27. The average molecular weight is 355 g/mol. The fourth-order valence-corrected chi connectivity index (χ4v) is 4.28. The Morgan fingerprint density at radius 3 is 2.48 bits per heavy atom. The van der Waals surface area contributed by atoms with Gasteiger partial charge in [-0.2, -0.15) is 0 Å². The van der Waals surface area contributed by atoms with Crippen LogP contribution in [0.15, 0.2) is 40.6 Å². The molecule has 2 aromatic rings. The topological polar surface area (TPSA) is 64.6 Å². The quantitative estimate of drug-likeness (QED) is 0.702. The molecule has 1 N–H and O–H groups in total. The second kappa shape index (κ2) is 8.33. The van der Waals surface area contributed by atoms with Crippen molar-refractivity contribution in [3.63, 3.8) is 0 Å². The Labute approximate surface area is 141 Å². The van der Waals surface area contributed by atoms with Crippen molar-refractivity contribution in [1.29, 1.82) is 0 Å². The standard InChI is InChI=1S/C16H21NO4S2/c1-3-15-8-9-16(22-15)23(18,19)17-10-11-21-14-7-5-6-13(12-14)20-4-2/h5-9,12,17H,3-4,10-11H2,1-2H3. The van der Waals surface area contributed by atoms with Gasteiger partial charge in [0.15, 0.2) is 0 Å². The number of benzene rings is 1. The van der Waals surface area contributed by atoms with Crippen molar-refractivity contribution < 1.29 is 17.9 Å². The maximum absolute atomic E-state index is 12.1. The molecule has 0 spiro atoms. The van der Waals surface area contributed by atoms with E-state index in [-0.39, 0.29) is 13.2 Å². The molecule has 1 aromatic carbocycles. The molecule has 1 heterocycles. The molecular formula is C16H21NO4S2. The Kier molecular flexibility index (Phi) is 6.44. The maximum atomic E-state index is 12.1. The first-order valence-electron chi connectivity index (χ1n) is 7.49. The fraction of sp³-hybridized carbons (Fsp3) is 0.375. The Morgan fingerprint density at radius 1 is 1.09 bits per heavy atom. The van der Waals surface area contributed by atoms with Crippen molar-refractivity contribution in [3.8, 4) is 11.5 Å². The van der Waals surface area contributed by atoms with E-state index >= 15 is 0 Å². The van der Waals surface area contributed by atoms with Crippen LogP contribution >= 0.6 is 11.3 Å². The van der Waals surface area contributed by atoms with Crippen LogP contribution in [0.4, 0.5) is 0 Å². The molecule has 0 radical (unpaired) electrons. The summed E-state index contributed by atoms with van der Waals surface area (Å²) in [6, 6.07) is 10.8. The molecule has 0 unspecified atom stereocenters. The van der Waals surface area contributed by atoms with Crippen LogP contribution in [0.25, 0.3) is 0 Å². The third-order valence-electron chi connectivity index (χ3n) is 3.03. The van der Waals surface area contributed by atoms with E-state index in [0.29, 0.717) is 16.6 Å². The molecule has 0 amide bonds. The average Bonchev–Trinajstić information content (AvgIpc) is 3.02. The van der Waals surface area contributed by atoms with Gasteiger partial charge in [0.05, 0.1) is 6.61 Å². The van der Waals surface area contributed by atoms with Crippen molar-refractivity contribution in [2.45, 2.75) is 24.5 Å². The zero-order valence-corrected chi connectivity index (χ0v) is 14.9. The Bertz CT molecular complexity index is 725. The molecule has 0 aliphatic carbocycles.